The van der Waals surface area contributed by atoms with Crippen LogP contribution in [0.3, 0.4) is 0 Å². The van der Waals surface area contributed by atoms with Gasteiger partial charge in [0, 0.05) is 12.8 Å². The maximum absolute atomic E-state index is 10.6. The highest BCUT2D eigenvalue weighted by atomic mass is 35.5. The van der Waals surface area contributed by atoms with Gasteiger partial charge in [0.2, 0.25) is 0 Å². The molecular weight excluding hydrogens is 152 g/mol. The van der Waals surface area contributed by atoms with Crippen LogP contribution < -0.4 is 0 Å². The lowest BCUT2D eigenvalue weighted by atomic mass is 10.1. The Morgan fingerprint density at radius 3 is 2.30 bits per heavy atom. The Kier molecular flexibility index (Phi) is 5.22. The van der Waals surface area contributed by atoms with Gasteiger partial charge in [0.15, 0.2) is 0 Å². The van der Waals surface area contributed by atoms with Crippen molar-refractivity contribution in [3.8, 4) is 0 Å². The molecule has 0 saturated carbocycles. The van der Waals surface area contributed by atoms with E-state index in [0.29, 0.717) is 19.3 Å². The van der Waals surface area contributed by atoms with Crippen LogP contribution in [0.15, 0.2) is 0 Å². The summed E-state index contributed by atoms with van der Waals surface area (Å²) in [6, 6.07) is 0. The number of rotatable bonds is 5. The average Bonchev–Trinajstić information content (AvgIpc) is 1.87. The highest BCUT2D eigenvalue weighted by Crippen LogP contribution is 1.97. The number of halogens is 1. The number of alkyl halides is 1. The van der Waals surface area contributed by atoms with Gasteiger partial charge in [-0.1, -0.05) is 0 Å². The number of hydrogen-bond donors (Lipinski definition) is 0. The lowest BCUT2D eigenvalue weighted by molar-refractivity contribution is -0.118. The standard InChI is InChI=1S/C7H11ClO2/c1-6(9)3-2-4-7(10)5-8/h2-5H2,1H3. The Bertz CT molecular complexity index is 132. The van der Waals surface area contributed by atoms with Crippen LogP contribution in [0.25, 0.3) is 0 Å². The van der Waals surface area contributed by atoms with Crippen LogP contribution in [0.5, 0.6) is 0 Å². The first-order valence-electron chi connectivity index (χ1n) is 3.24. The van der Waals surface area contributed by atoms with Crippen LogP contribution in [-0.4, -0.2) is 17.4 Å². The van der Waals surface area contributed by atoms with E-state index in [1.54, 1.807) is 0 Å². The van der Waals surface area contributed by atoms with E-state index >= 15 is 0 Å². The van der Waals surface area contributed by atoms with Crippen LogP contribution >= 0.6 is 11.6 Å². The minimum absolute atomic E-state index is 0.0166. The van der Waals surface area contributed by atoms with Crippen molar-refractivity contribution in [2.24, 2.45) is 0 Å². The molecule has 0 amide bonds. The maximum atomic E-state index is 10.6. The van der Waals surface area contributed by atoms with Crippen molar-refractivity contribution in [1.29, 1.82) is 0 Å². The SMILES string of the molecule is CC(=O)CCCC(=O)CCl. The highest BCUT2D eigenvalue weighted by Gasteiger charge is 1.99. The van der Waals surface area contributed by atoms with E-state index in [9.17, 15) is 9.59 Å². The normalized spacial score (nSPS) is 9.40. The molecule has 0 saturated heterocycles. The predicted octanol–water partition coefficient (Wildman–Crippen LogP) is 1.55. The summed E-state index contributed by atoms with van der Waals surface area (Å²) < 4.78 is 0. The van der Waals surface area contributed by atoms with Crippen LogP contribution in [-0.2, 0) is 9.59 Å². The van der Waals surface area contributed by atoms with Crippen molar-refractivity contribution in [2.45, 2.75) is 26.2 Å². The van der Waals surface area contributed by atoms with E-state index in [1.807, 2.05) is 0 Å². The third-order valence-electron chi connectivity index (χ3n) is 1.13. The molecular formula is C7H11ClO2. The summed E-state index contributed by atoms with van der Waals surface area (Å²) in [4.78, 5) is 20.9. The molecule has 0 aromatic carbocycles. The molecule has 0 aromatic heterocycles. The average molecular weight is 163 g/mol. The van der Waals surface area contributed by atoms with Gasteiger partial charge in [-0.25, -0.2) is 0 Å². The van der Waals surface area contributed by atoms with Gasteiger partial charge in [-0.15, -0.1) is 11.6 Å². The van der Waals surface area contributed by atoms with Gasteiger partial charge < -0.3 is 4.79 Å². The van der Waals surface area contributed by atoms with Crippen LogP contribution in [0.1, 0.15) is 26.2 Å². The predicted molar refractivity (Wildman–Crippen MR) is 40.3 cm³/mol. The topological polar surface area (TPSA) is 34.1 Å². The number of carbonyl (C=O) groups is 2. The Hall–Kier alpha value is -0.370. The summed E-state index contributed by atoms with van der Waals surface area (Å²) in [7, 11) is 0. The molecule has 0 aliphatic heterocycles. The Balaban J connectivity index is 3.20. The molecule has 0 unspecified atom stereocenters. The number of carbonyl (C=O) groups excluding carboxylic acids is 2. The minimum atomic E-state index is 0.0166. The molecule has 0 N–H and O–H groups in total. The summed E-state index contributed by atoms with van der Waals surface area (Å²) in [6.45, 7) is 1.52. The number of ketones is 2. The first kappa shape index (κ1) is 9.63. The first-order valence-corrected chi connectivity index (χ1v) is 3.77. The molecule has 0 aliphatic rings. The molecule has 0 atom stereocenters. The van der Waals surface area contributed by atoms with E-state index < -0.39 is 0 Å². The number of Topliss-reactive ketones (excluding diaryl/α,β-unsaturated/α-hetero) is 2. The van der Waals surface area contributed by atoms with E-state index in [1.165, 1.54) is 6.92 Å². The summed E-state index contributed by atoms with van der Waals surface area (Å²) in [5.74, 6) is 0.211. The fourth-order valence-electron chi connectivity index (χ4n) is 0.601. The van der Waals surface area contributed by atoms with Gasteiger partial charge in [-0.2, -0.15) is 0 Å². The number of hydrogen-bond acceptors (Lipinski definition) is 2. The molecule has 0 aromatic rings. The zero-order chi connectivity index (χ0) is 7.98. The van der Waals surface area contributed by atoms with Crippen molar-refractivity contribution >= 4 is 23.2 Å². The molecule has 0 bridgehead atoms. The molecule has 0 aliphatic carbocycles. The molecule has 2 nitrogen and oxygen atoms in total. The van der Waals surface area contributed by atoms with Crippen molar-refractivity contribution in [3.05, 3.63) is 0 Å². The molecule has 0 radical (unpaired) electrons. The molecule has 0 heterocycles. The van der Waals surface area contributed by atoms with Crippen molar-refractivity contribution < 1.29 is 9.59 Å². The lowest BCUT2D eigenvalue weighted by Crippen LogP contribution is -2.00. The second-order valence-electron chi connectivity index (χ2n) is 2.23. The maximum Gasteiger partial charge on any atom is 0.147 e. The Labute approximate surface area is 65.6 Å². The second kappa shape index (κ2) is 5.42. The van der Waals surface area contributed by atoms with E-state index in [-0.39, 0.29) is 17.4 Å². The van der Waals surface area contributed by atoms with E-state index in [2.05, 4.69) is 0 Å². The van der Waals surface area contributed by atoms with Gasteiger partial charge in [0.05, 0.1) is 5.88 Å². The third kappa shape index (κ3) is 5.76. The molecule has 58 valence electrons. The smallest absolute Gasteiger partial charge is 0.147 e. The highest BCUT2D eigenvalue weighted by molar-refractivity contribution is 6.27. The largest absolute Gasteiger partial charge is 0.300 e. The fourth-order valence-corrected chi connectivity index (χ4v) is 0.735. The zero-order valence-corrected chi connectivity index (χ0v) is 6.78. The van der Waals surface area contributed by atoms with Crippen molar-refractivity contribution in [2.75, 3.05) is 5.88 Å². The summed E-state index contributed by atoms with van der Waals surface area (Å²) >= 11 is 5.23. The first-order chi connectivity index (χ1) is 4.66. The quantitative estimate of drug-likeness (QED) is 0.575. The molecule has 0 rings (SSSR count). The van der Waals surface area contributed by atoms with Crippen molar-refractivity contribution in [3.63, 3.8) is 0 Å². The lowest BCUT2D eigenvalue weighted by Gasteiger charge is -1.93. The summed E-state index contributed by atoms with van der Waals surface area (Å²) in [5, 5.41) is 0. The molecule has 0 spiro atoms. The fraction of sp³-hybridized carbons (Fsp3) is 0.714. The minimum Gasteiger partial charge on any atom is -0.300 e. The van der Waals surface area contributed by atoms with E-state index in [0.717, 1.165) is 0 Å². The van der Waals surface area contributed by atoms with E-state index in [4.69, 9.17) is 11.6 Å². The summed E-state index contributed by atoms with van der Waals surface area (Å²) in [6.07, 6.45) is 1.56. The summed E-state index contributed by atoms with van der Waals surface area (Å²) in [5.41, 5.74) is 0. The van der Waals surface area contributed by atoms with Crippen LogP contribution in [0, 0.1) is 0 Å². The van der Waals surface area contributed by atoms with Gasteiger partial charge in [0.1, 0.15) is 11.6 Å². The van der Waals surface area contributed by atoms with Gasteiger partial charge in [0.25, 0.3) is 0 Å². The Morgan fingerprint density at radius 2 is 1.90 bits per heavy atom. The van der Waals surface area contributed by atoms with Crippen molar-refractivity contribution in [1.82, 2.24) is 0 Å². The second-order valence-corrected chi connectivity index (χ2v) is 2.50. The monoisotopic (exact) mass is 162 g/mol. The third-order valence-corrected chi connectivity index (χ3v) is 1.43. The van der Waals surface area contributed by atoms with Gasteiger partial charge >= 0.3 is 0 Å². The molecule has 3 heteroatoms. The van der Waals surface area contributed by atoms with Gasteiger partial charge in [-0.05, 0) is 13.3 Å². The zero-order valence-electron chi connectivity index (χ0n) is 6.02. The molecule has 10 heavy (non-hydrogen) atoms. The molecule has 0 fully saturated rings. The van der Waals surface area contributed by atoms with Crippen LogP contribution in [0.2, 0.25) is 0 Å². The van der Waals surface area contributed by atoms with Crippen LogP contribution in [0.4, 0.5) is 0 Å². The Morgan fingerprint density at radius 1 is 1.30 bits per heavy atom. The van der Waals surface area contributed by atoms with Gasteiger partial charge in [-0.3, -0.25) is 4.79 Å².